The molecule has 1 atom stereocenters. The molecule has 0 heterocycles. The molecule has 1 unspecified atom stereocenters. The van der Waals surface area contributed by atoms with Crippen molar-refractivity contribution in [1.29, 1.82) is 0 Å². The molecule has 68 valence electrons. The molecule has 1 aromatic rings. The second-order valence-corrected chi connectivity index (χ2v) is 2.99. The summed E-state index contributed by atoms with van der Waals surface area (Å²) in [6, 6.07) is 8.23. The van der Waals surface area contributed by atoms with E-state index in [-0.39, 0.29) is 0 Å². The van der Waals surface area contributed by atoms with Crippen molar-refractivity contribution in [3.63, 3.8) is 0 Å². The summed E-state index contributed by atoms with van der Waals surface area (Å²) >= 11 is -2.08. The molecule has 0 aromatic heterocycles. The third kappa shape index (κ3) is 5.01. The minimum absolute atomic E-state index is 0.331. The van der Waals surface area contributed by atoms with Gasteiger partial charge in [0.1, 0.15) is 0 Å². The minimum Gasteiger partial charge on any atom is -0.768 e. The van der Waals surface area contributed by atoms with Crippen LogP contribution >= 0.6 is 0 Å². The molecule has 1 aromatic carbocycles. The largest absolute Gasteiger partial charge is 0.768 e. The highest BCUT2D eigenvalue weighted by Gasteiger charge is 1.84. The van der Waals surface area contributed by atoms with Crippen LogP contribution in [-0.2, 0) is 11.1 Å². The molecule has 0 amide bonds. The molecule has 0 saturated heterocycles. The van der Waals surface area contributed by atoms with Crippen LogP contribution in [0.2, 0.25) is 0 Å². The number of rotatable bonds is 1. The van der Waals surface area contributed by atoms with Crippen LogP contribution in [0.3, 0.4) is 0 Å². The molecule has 0 fully saturated rings. The normalized spacial score (nSPS) is 11.2. The van der Waals surface area contributed by atoms with Gasteiger partial charge in [0.25, 0.3) is 0 Å². The lowest BCUT2D eigenvalue weighted by atomic mass is 10.4. The van der Waals surface area contributed by atoms with Crippen molar-refractivity contribution in [3.8, 4) is 0 Å². The van der Waals surface area contributed by atoms with Gasteiger partial charge in [0, 0.05) is 4.90 Å². The van der Waals surface area contributed by atoms with Crippen LogP contribution in [0.25, 0.3) is 0 Å². The molecule has 12 heavy (non-hydrogen) atoms. The zero-order valence-corrected chi connectivity index (χ0v) is 7.93. The summed E-state index contributed by atoms with van der Waals surface area (Å²) in [5, 5.41) is 2.75. The van der Waals surface area contributed by atoms with E-state index in [2.05, 4.69) is 5.32 Å². The van der Waals surface area contributed by atoms with Gasteiger partial charge in [-0.1, -0.05) is 18.2 Å². The van der Waals surface area contributed by atoms with Crippen LogP contribution in [-0.4, -0.2) is 22.9 Å². The topological polar surface area (TPSA) is 52.2 Å². The molecule has 0 aliphatic rings. The van der Waals surface area contributed by atoms with E-state index < -0.39 is 11.1 Å². The number of benzene rings is 1. The van der Waals surface area contributed by atoms with E-state index in [9.17, 15) is 8.76 Å². The summed E-state index contributed by atoms with van der Waals surface area (Å²) in [4.78, 5) is 0.331. The number of hydrogen-bond acceptors (Lipinski definition) is 3. The van der Waals surface area contributed by atoms with Crippen LogP contribution in [0.5, 0.6) is 0 Å². The maximum Gasteiger partial charge on any atom is 0.0248 e. The molecule has 0 radical (unpaired) electrons. The van der Waals surface area contributed by atoms with E-state index in [0.717, 1.165) is 0 Å². The molecule has 0 spiro atoms. The van der Waals surface area contributed by atoms with Gasteiger partial charge in [-0.2, -0.15) is 0 Å². The first-order chi connectivity index (χ1) is 5.72. The van der Waals surface area contributed by atoms with Gasteiger partial charge in [-0.3, -0.25) is 4.21 Å². The van der Waals surface area contributed by atoms with Gasteiger partial charge in [-0.15, -0.1) is 0 Å². The van der Waals surface area contributed by atoms with Gasteiger partial charge < -0.3 is 9.87 Å². The van der Waals surface area contributed by atoms with Crippen molar-refractivity contribution < 1.29 is 8.76 Å². The van der Waals surface area contributed by atoms with E-state index in [4.69, 9.17) is 0 Å². The molecular formula is C8H12NO2S-. The Morgan fingerprint density at radius 3 is 1.92 bits per heavy atom. The van der Waals surface area contributed by atoms with Gasteiger partial charge in [0.2, 0.25) is 0 Å². The Kier molecular flexibility index (Phi) is 6.55. The highest BCUT2D eigenvalue weighted by molar-refractivity contribution is 7.79. The van der Waals surface area contributed by atoms with Crippen molar-refractivity contribution in [1.82, 2.24) is 5.32 Å². The maximum absolute atomic E-state index is 10.2. The van der Waals surface area contributed by atoms with Crippen LogP contribution < -0.4 is 5.32 Å². The highest BCUT2D eigenvalue weighted by atomic mass is 32.2. The molecule has 3 nitrogen and oxygen atoms in total. The summed E-state index contributed by atoms with van der Waals surface area (Å²) in [6.45, 7) is 0. The Morgan fingerprint density at radius 2 is 1.67 bits per heavy atom. The van der Waals surface area contributed by atoms with E-state index >= 15 is 0 Å². The zero-order chi connectivity index (χ0) is 9.40. The monoisotopic (exact) mass is 186 g/mol. The fourth-order valence-electron chi connectivity index (χ4n) is 0.532. The number of hydrogen-bond donors (Lipinski definition) is 1. The van der Waals surface area contributed by atoms with Gasteiger partial charge in [-0.05, 0) is 37.3 Å². The fourth-order valence-corrected chi connectivity index (χ4v) is 0.911. The molecule has 1 N–H and O–H groups in total. The van der Waals surface area contributed by atoms with Crippen LogP contribution in [0.15, 0.2) is 35.2 Å². The van der Waals surface area contributed by atoms with E-state index in [1.54, 1.807) is 30.3 Å². The summed E-state index contributed by atoms with van der Waals surface area (Å²) < 4.78 is 20.4. The molecule has 0 aliphatic heterocycles. The summed E-state index contributed by atoms with van der Waals surface area (Å²) in [5.41, 5.74) is 0. The molecular weight excluding hydrogens is 174 g/mol. The minimum atomic E-state index is -2.08. The van der Waals surface area contributed by atoms with Gasteiger partial charge in [0.05, 0.1) is 0 Å². The summed E-state index contributed by atoms with van der Waals surface area (Å²) in [5.74, 6) is 0. The highest BCUT2D eigenvalue weighted by Crippen LogP contribution is 2.00. The molecule has 0 aliphatic carbocycles. The first-order valence-electron chi connectivity index (χ1n) is 3.45. The predicted molar refractivity (Wildman–Crippen MR) is 48.6 cm³/mol. The van der Waals surface area contributed by atoms with Crippen molar-refractivity contribution >= 4 is 11.1 Å². The van der Waals surface area contributed by atoms with Gasteiger partial charge in [0.15, 0.2) is 0 Å². The first-order valence-corrected chi connectivity index (χ1v) is 4.52. The first kappa shape index (κ1) is 11.3. The summed E-state index contributed by atoms with van der Waals surface area (Å²) in [7, 11) is 3.75. The second kappa shape index (κ2) is 6.97. The van der Waals surface area contributed by atoms with Crippen molar-refractivity contribution in [2.75, 3.05) is 14.1 Å². The molecule has 0 saturated carbocycles. The van der Waals surface area contributed by atoms with E-state index in [0.29, 0.717) is 4.90 Å². The zero-order valence-electron chi connectivity index (χ0n) is 7.11. The lowest BCUT2D eigenvalue weighted by Crippen LogP contribution is -1.89. The Morgan fingerprint density at radius 1 is 1.25 bits per heavy atom. The quantitative estimate of drug-likeness (QED) is 0.659. The Hall–Kier alpha value is -0.710. The Bertz CT molecular complexity index is 226. The maximum atomic E-state index is 10.2. The predicted octanol–water partition coefficient (Wildman–Crippen LogP) is 0.760. The third-order valence-corrected chi connectivity index (χ3v) is 1.59. The lowest BCUT2D eigenvalue weighted by molar-refractivity contribution is 0.537. The summed E-state index contributed by atoms with van der Waals surface area (Å²) in [6.07, 6.45) is 0. The van der Waals surface area contributed by atoms with Crippen molar-refractivity contribution in [2.24, 2.45) is 0 Å². The Labute approximate surface area is 75.1 Å². The third-order valence-electron chi connectivity index (χ3n) is 0.936. The number of nitrogens with one attached hydrogen (secondary N) is 1. The van der Waals surface area contributed by atoms with Gasteiger partial charge in [-0.25, -0.2) is 0 Å². The fraction of sp³-hybridized carbons (Fsp3) is 0.250. The SMILES string of the molecule is CNC.O=S([O-])c1ccccc1. The molecule has 0 bridgehead atoms. The average molecular weight is 186 g/mol. The average Bonchev–Trinajstić information content (AvgIpc) is 2.07. The standard InChI is InChI=1S/C6H6O2S.C2H7N/c7-9(8)6-4-2-1-3-5-6;1-3-2/h1-5H,(H,7,8);3H,1-2H3/p-1. The van der Waals surface area contributed by atoms with E-state index in [1.165, 1.54) is 0 Å². The van der Waals surface area contributed by atoms with Crippen LogP contribution in [0, 0.1) is 0 Å². The molecule has 4 heteroatoms. The van der Waals surface area contributed by atoms with Crippen LogP contribution in [0.1, 0.15) is 0 Å². The second-order valence-electron chi connectivity index (χ2n) is 2.05. The van der Waals surface area contributed by atoms with E-state index in [1.807, 2.05) is 14.1 Å². The van der Waals surface area contributed by atoms with Crippen molar-refractivity contribution in [2.45, 2.75) is 4.90 Å². The molecule has 1 rings (SSSR count). The lowest BCUT2D eigenvalue weighted by Gasteiger charge is -2.01. The van der Waals surface area contributed by atoms with Crippen molar-refractivity contribution in [3.05, 3.63) is 30.3 Å². The van der Waals surface area contributed by atoms with Crippen LogP contribution in [0.4, 0.5) is 0 Å². The Balaban J connectivity index is 0.000000354. The smallest absolute Gasteiger partial charge is 0.0248 e. The van der Waals surface area contributed by atoms with Gasteiger partial charge >= 0.3 is 0 Å².